The first kappa shape index (κ1) is 14.3. The van der Waals surface area contributed by atoms with Gasteiger partial charge in [0.05, 0.1) is 0 Å². The van der Waals surface area contributed by atoms with E-state index in [1.807, 2.05) is 0 Å². The molecule has 0 bridgehead atoms. The summed E-state index contributed by atoms with van der Waals surface area (Å²) in [4.78, 5) is 2.67. The zero-order valence-corrected chi connectivity index (χ0v) is 12.5. The molecule has 2 heteroatoms. The Kier molecular flexibility index (Phi) is 5.97. The lowest BCUT2D eigenvalue weighted by molar-refractivity contribution is 0.162. The highest BCUT2D eigenvalue weighted by Gasteiger charge is 2.21. The van der Waals surface area contributed by atoms with Crippen molar-refractivity contribution in [3.8, 4) is 0 Å². The molecular weight excluding hydrogens is 220 g/mol. The molecule has 0 aromatic heterocycles. The van der Waals surface area contributed by atoms with Crippen LogP contribution in [0.15, 0.2) is 0 Å². The Labute approximate surface area is 114 Å². The number of rotatable bonds is 5. The van der Waals surface area contributed by atoms with Crippen LogP contribution in [0.5, 0.6) is 0 Å². The Morgan fingerprint density at radius 2 is 1.56 bits per heavy atom. The van der Waals surface area contributed by atoms with E-state index < -0.39 is 0 Å². The molecule has 0 radical (unpaired) electrons. The van der Waals surface area contributed by atoms with Crippen molar-refractivity contribution in [3.63, 3.8) is 0 Å². The molecule has 1 N–H and O–H groups in total. The molecule has 1 aliphatic carbocycles. The second-order valence-electron chi connectivity index (χ2n) is 6.54. The summed E-state index contributed by atoms with van der Waals surface area (Å²) in [5.74, 6) is 0.937. The lowest BCUT2D eigenvalue weighted by Gasteiger charge is -2.35. The van der Waals surface area contributed by atoms with Crippen LogP contribution in [0.25, 0.3) is 0 Å². The van der Waals surface area contributed by atoms with Gasteiger partial charge >= 0.3 is 0 Å². The third kappa shape index (κ3) is 4.24. The number of likely N-dealkylation sites (tertiary alicyclic amines) is 1. The van der Waals surface area contributed by atoms with Crippen LogP contribution in [-0.4, -0.2) is 36.6 Å². The first-order chi connectivity index (χ1) is 8.77. The summed E-state index contributed by atoms with van der Waals surface area (Å²) in [6.07, 6.45) is 11.5. The van der Waals surface area contributed by atoms with Gasteiger partial charge in [0.15, 0.2) is 0 Å². The largest absolute Gasteiger partial charge is 0.312 e. The molecule has 2 nitrogen and oxygen atoms in total. The van der Waals surface area contributed by atoms with Gasteiger partial charge < -0.3 is 5.32 Å². The van der Waals surface area contributed by atoms with Crippen molar-refractivity contribution < 1.29 is 0 Å². The Bertz CT molecular complexity index is 193. The third-order valence-electron chi connectivity index (χ3n) is 5.11. The molecule has 1 heterocycles. The van der Waals surface area contributed by atoms with Crippen LogP contribution in [-0.2, 0) is 0 Å². The first-order valence-electron chi connectivity index (χ1n) is 8.25. The van der Waals surface area contributed by atoms with Crippen LogP contribution in [0.4, 0.5) is 0 Å². The lowest BCUT2D eigenvalue weighted by Crippen LogP contribution is -2.46. The molecule has 2 aliphatic rings. The van der Waals surface area contributed by atoms with Gasteiger partial charge in [-0.05, 0) is 58.5 Å². The van der Waals surface area contributed by atoms with Crippen molar-refractivity contribution in [2.24, 2.45) is 5.92 Å². The SMILES string of the molecule is CC(NCC(C)N1CCCCC1)C1CCCCC1. The van der Waals surface area contributed by atoms with Crippen molar-refractivity contribution in [2.45, 2.75) is 77.3 Å². The van der Waals surface area contributed by atoms with Crippen LogP contribution in [0.1, 0.15) is 65.2 Å². The molecule has 2 fully saturated rings. The lowest BCUT2D eigenvalue weighted by atomic mass is 9.84. The van der Waals surface area contributed by atoms with E-state index in [1.165, 1.54) is 71.0 Å². The maximum atomic E-state index is 3.81. The van der Waals surface area contributed by atoms with Gasteiger partial charge in [-0.15, -0.1) is 0 Å². The summed E-state index contributed by atoms with van der Waals surface area (Å²) in [5.41, 5.74) is 0. The normalized spacial score (nSPS) is 27.0. The fourth-order valence-electron chi connectivity index (χ4n) is 3.65. The van der Waals surface area contributed by atoms with E-state index in [0.29, 0.717) is 0 Å². The van der Waals surface area contributed by atoms with Gasteiger partial charge in [0.1, 0.15) is 0 Å². The third-order valence-corrected chi connectivity index (χ3v) is 5.11. The van der Waals surface area contributed by atoms with E-state index in [4.69, 9.17) is 0 Å². The average molecular weight is 252 g/mol. The second-order valence-corrected chi connectivity index (χ2v) is 6.54. The van der Waals surface area contributed by atoms with Crippen LogP contribution in [0, 0.1) is 5.92 Å². The second kappa shape index (κ2) is 7.49. The minimum atomic E-state index is 0.719. The van der Waals surface area contributed by atoms with Gasteiger partial charge in [-0.2, -0.15) is 0 Å². The highest BCUT2D eigenvalue weighted by atomic mass is 15.2. The summed E-state index contributed by atoms with van der Waals surface area (Å²) in [7, 11) is 0. The minimum absolute atomic E-state index is 0.719. The topological polar surface area (TPSA) is 15.3 Å². The van der Waals surface area contributed by atoms with Crippen molar-refractivity contribution in [1.29, 1.82) is 0 Å². The zero-order chi connectivity index (χ0) is 12.8. The highest BCUT2D eigenvalue weighted by Crippen LogP contribution is 2.26. The predicted molar refractivity (Wildman–Crippen MR) is 78.9 cm³/mol. The van der Waals surface area contributed by atoms with E-state index in [-0.39, 0.29) is 0 Å². The first-order valence-corrected chi connectivity index (χ1v) is 8.25. The minimum Gasteiger partial charge on any atom is -0.312 e. The Hall–Kier alpha value is -0.0800. The molecule has 0 aromatic rings. The predicted octanol–water partition coefficient (Wildman–Crippen LogP) is 3.42. The van der Waals surface area contributed by atoms with Crippen molar-refractivity contribution in [2.75, 3.05) is 19.6 Å². The molecule has 2 rings (SSSR count). The summed E-state index contributed by atoms with van der Waals surface area (Å²) < 4.78 is 0. The quantitative estimate of drug-likeness (QED) is 0.806. The number of piperidine rings is 1. The number of nitrogens with one attached hydrogen (secondary N) is 1. The van der Waals surface area contributed by atoms with Crippen LogP contribution >= 0.6 is 0 Å². The van der Waals surface area contributed by atoms with Crippen LogP contribution in [0.3, 0.4) is 0 Å². The van der Waals surface area contributed by atoms with Crippen molar-refractivity contribution in [3.05, 3.63) is 0 Å². The number of hydrogen-bond donors (Lipinski definition) is 1. The molecule has 2 unspecified atom stereocenters. The smallest absolute Gasteiger partial charge is 0.0192 e. The van der Waals surface area contributed by atoms with E-state index in [1.54, 1.807) is 0 Å². The van der Waals surface area contributed by atoms with E-state index in [9.17, 15) is 0 Å². The van der Waals surface area contributed by atoms with Gasteiger partial charge in [0.2, 0.25) is 0 Å². The Morgan fingerprint density at radius 3 is 2.22 bits per heavy atom. The van der Waals surface area contributed by atoms with Gasteiger partial charge in [-0.25, -0.2) is 0 Å². The van der Waals surface area contributed by atoms with E-state index in [0.717, 1.165) is 18.0 Å². The molecule has 0 aromatic carbocycles. The van der Waals surface area contributed by atoms with Gasteiger partial charge in [-0.1, -0.05) is 25.7 Å². The maximum absolute atomic E-state index is 3.81. The van der Waals surface area contributed by atoms with Gasteiger partial charge in [0, 0.05) is 18.6 Å². The van der Waals surface area contributed by atoms with Crippen molar-refractivity contribution >= 4 is 0 Å². The molecule has 0 amide bonds. The van der Waals surface area contributed by atoms with Crippen molar-refractivity contribution in [1.82, 2.24) is 10.2 Å². The molecule has 18 heavy (non-hydrogen) atoms. The molecule has 1 aliphatic heterocycles. The standard InChI is InChI=1S/C16H32N2/c1-14(18-11-7-4-8-12-18)13-17-15(2)16-9-5-3-6-10-16/h14-17H,3-13H2,1-2H3. The van der Waals surface area contributed by atoms with Crippen LogP contribution in [0.2, 0.25) is 0 Å². The zero-order valence-electron chi connectivity index (χ0n) is 12.5. The van der Waals surface area contributed by atoms with E-state index >= 15 is 0 Å². The summed E-state index contributed by atoms with van der Waals surface area (Å²) in [6, 6.07) is 1.44. The summed E-state index contributed by atoms with van der Waals surface area (Å²) >= 11 is 0. The fraction of sp³-hybridized carbons (Fsp3) is 1.00. The summed E-state index contributed by atoms with van der Waals surface area (Å²) in [6.45, 7) is 8.61. The number of hydrogen-bond acceptors (Lipinski definition) is 2. The molecule has 1 saturated heterocycles. The Balaban J connectivity index is 1.66. The van der Waals surface area contributed by atoms with E-state index in [2.05, 4.69) is 24.1 Å². The molecule has 2 atom stereocenters. The fourth-order valence-corrected chi connectivity index (χ4v) is 3.65. The molecule has 1 saturated carbocycles. The van der Waals surface area contributed by atoms with Crippen LogP contribution < -0.4 is 5.32 Å². The molecule has 106 valence electrons. The molecule has 0 spiro atoms. The monoisotopic (exact) mass is 252 g/mol. The Morgan fingerprint density at radius 1 is 0.944 bits per heavy atom. The highest BCUT2D eigenvalue weighted by molar-refractivity contribution is 4.79. The number of nitrogens with zero attached hydrogens (tertiary/aromatic N) is 1. The maximum Gasteiger partial charge on any atom is 0.0192 e. The average Bonchev–Trinajstić information content (AvgIpc) is 2.46. The molecular formula is C16H32N2. The van der Waals surface area contributed by atoms with Gasteiger partial charge in [0.25, 0.3) is 0 Å². The van der Waals surface area contributed by atoms with Gasteiger partial charge in [-0.3, -0.25) is 4.90 Å². The summed E-state index contributed by atoms with van der Waals surface area (Å²) in [5, 5.41) is 3.81.